The first-order chi connectivity index (χ1) is 10.5. The largest absolute Gasteiger partial charge is 0.373 e. The van der Waals surface area contributed by atoms with E-state index in [2.05, 4.69) is 37.9 Å². The molecule has 22 heavy (non-hydrogen) atoms. The Hall–Kier alpha value is -1.79. The van der Waals surface area contributed by atoms with E-state index >= 15 is 0 Å². The van der Waals surface area contributed by atoms with E-state index in [0.717, 1.165) is 12.0 Å². The first kappa shape index (κ1) is 18.3. The molecule has 0 spiro atoms. The summed E-state index contributed by atoms with van der Waals surface area (Å²) in [5.41, 5.74) is 0.871. The number of benzene rings is 1. The van der Waals surface area contributed by atoms with Gasteiger partial charge in [-0.3, -0.25) is 4.79 Å². The molecule has 0 radical (unpaired) electrons. The van der Waals surface area contributed by atoms with Crippen LogP contribution in [0.5, 0.6) is 0 Å². The van der Waals surface area contributed by atoms with Crippen LogP contribution < -0.4 is 5.32 Å². The number of amides is 1. The van der Waals surface area contributed by atoms with Gasteiger partial charge >= 0.3 is 0 Å². The average Bonchev–Trinajstić information content (AvgIpc) is 2.52. The number of carbonyl (C=O) groups excluding carboxylic acids is 1. The number of carbonyl (C=O) groups is 1. The zero-order valence-electron chi connectivity index (χ0n) is 14.1. The van der Waals surface area contributed by atoms with Crippen molar-refractivity contribution in [2.45, 2.75) is 58.6 Å². The minimum atomic E-state index is -0.189. The molecule has 0 aromatic heterocycles. The smallest absolute Gasteiger partial charge is 0.221 e. The minimum Gasteiger partial charge on any atom is -0.373 e. The molecule has 1 amide bonds. The molecule has 1 atom stereocenters. The van der Waals surface area contributed by atoms with E-state index in [1.54, 1.807) is 6.92 Å². The molecule has 1 rings (SSSR count). The normalized spacial score (nSPS) is 12.2. The summed E-state index contributed by atoms with van der Waals surface area (Å²) in [6.07, 6.45) is 1.93. The molecule has 0 saturated heterocycles. The van der Waals surface area contributed by atoms with Crippen LogP contribution in [0.4, 0.5) is 0 Å². The molecule has 3 nitrogen and oxygen atoms in total. The third-order valence-electron chi connectivity index (χ3n) is 3.68. The summed E-state index contributed by atoms with van der Waals surface area (Å²) < 4.78 is 5.98. The Morgan fingerprint density at radius 3 is 2.59 bits per heavy atom. The molecule has 0 aliphatic carbocycles. The first-order valence-electron chi connectivity index (χ1n) is 7.86. The lowest BCUT2D eigenvalue weighted by molar-refractivity contribution is -0.123. The fraction of sp³-hybridized carbons (Fsp3) is 0.526. The zero-order chi connectivity index (χ0) is 16.4. The molecule has 0 unspecified atom stereocenters. The Kier molecular flexibility index (Phi) is 7.70. The van der Waals surface area contributed by atoms with Gasteiger partial charge in [0.15, 0.2) is 0 Å². The molecule has 1 N–H and O–H groups in total. The van der Waals surface area contributed by atoms with Crippen molar-refractivity contribution >= 4 is 5.91 Å². The average molecular weight is 301 g/mol. The minimum absolute atomic E-state index is 0.00880. The standard InChI is InChI=1S/C19H27NO2/c1-5-7-9-14-18(21)20-17(15-22-19(3,4)6-2)16-12-10-8-11-13-16/h8,10-13,17H,6,9,14-15H2,1-4H3,(H,20,21)/t17-/m0/s1. The van der Waals surface area contributed by atoms with Gasteiger partial charge in [0.05, 0.1) is 18.2 Å². The number of nitrogens with one attached hydrogen (secondary N) is 1. The van der Waals surface area contributed by atoms with Gasteiger partial charge in [-0.2, -0.15) is 0 Å². The Bertz CT molecular complexity index is 511. The molecule has 0 saturated carbocycles. The van der Waals surface area contributed by atoms with E-state index in [4.69, 9.17) is 4.74 Å². The number of ether oxygens (including phenoxy) is 1. The predicted molar refractivity (Wildman–Crippen MR) is 90.3 cm³/mol. The molecule has 0 heterocycles. The summed E-state index contributed by atoms with van der Waals surface area (Å²) in [6, 6.07) is 9.81. The van der Waals surface area contributed by atoms with Gasteiger partial charge in [0.25, 0.3) is 0 Å². The molecular weight excluding hydrogens is 274 g/mol. The highest BCUT2D eigenvalue weighted by atomic mass is 16.5. The topological polar surface area (TPSA) is 38.3 Å². The third kappa shape index (κ3) is 6.78. The second kappa shape index (κ2) is 9.27. The van der Waals surface area contributed by atoms with Crippen molar-refractivity contribution in [3.05, 3.63) is 35.9 Å². The zero-order valence-corrected chi connectivity index (χ0v) is 14.1. The van der Waals surface area contributed by atoms with E-state index in [1.165, 1.54) is 0 Å². The van der Waals surface area contributed by atoms with Gasteiger partial charge in [-0.1, -0.05) is 37.3 Å². The maximum atomic E-state index is 12.1. The van der Waals surface area contributed by atoms with Gasteiger partial charge in [0, 0.05) is 12.8 Å². The molecule has 1 aromatic carbocycles. The van der Waals surface area contributed by atoms with Crippen molar-refractivity contribution in [2.75, 3.05) is 6.61 Å². The van der Waals surface area contributed by atoms with Crippen LogP contribution in [0.3, 0.4) is 0 Å². The molecule has 1 aromatic rings. The van der Waals surface area contributed by atoms with Gasteiger partial charge in [0.2, 0.25) is 5.91 Å². The predicted octanol–water partition coefficient (Wildman–Crippen LogP) is 3.85. The Morgan fingerprint density at radius 2 is 2.00 bits per heavy atom. The maximum Gasteiger partial charge on any atom is 0.221 e. The van der Waals surface area contributed by atoms with Crippen molar-refractivity contribution in [1.82, 2.24) is 5.32 Å². The molecule has 0 bridgehead atoms. The van der Waals surface area contributed by atoms with E-state index in [-0.39, 0.29) is 17.6 Å². The lowest BCUT2D eigenvalue weighted by Gasteiger charge is -2.27. The summed E-state index contributed by atoms with van der Waals surface area (Å²) in [4.78, 5) is 12.1. The van der Waals surface area contributed by atoms with Crippen LogP contribution in [0.15, 0.2) is 30.3 Å². The van der Waals surface area contributed by atoms with Crippen molar-refractivity contribution < 1.29 is 9.53 Å². The monoisotopic (exact) mass is 301 g/mol. The van der Waals surface area contributed by atoms with Gasteiger partial charge in [0.1, 0.15) is 0 Å². The summed E-state index contributed by atoms with van der Waals surface area (Å²) in [7, 11) is 0. The van der Waals surface area contributed by atoms with Crippen molar-refractivity contribution in [1.29, 1.82) is 0 Å². The van der Waals surface area contributed by atoms with Gasteiger partial charge < -0.3 is 10.1 Å². The molecular formula is C19H27NO2. The van der Waals surface area contributed by atoms with Crippen LogP contribution in [0.1, 0.15) is 58.6 Å². The van der Waals surface area contributed by atoms with Gasteiger partial charge in [-0.25, -0.2) is 0 Å². The van der Waals surface area contributed by atoms with Crippen molar-refractivity contribution in [3.63, 3.8) is 0 Å². The quantitative estimate of drug-likeness (QED) is 0.741. The van der Waals surface area contributed by atoms with Crippen LogP contribution in [-0.4, -0.2) is 18.1 Å². The molecule has 3 heteroatoms. The summed E-state index contributed by atoms with van der Waals surface area (Å²) in [5.74, 6) is 5.73. The summed E-state index contributed by atoms with van der Waals surface area (Å²) in [5, 5.41) is 3.06. The lowest BCUT2D eigenvalue weighted by Crippen LogP contribution is -2.34. The maximum absolute atomic E-state index is 12.1. The fourth-order valence-corrected chi connectivity index (χ4v) is 1.89. The number of hydrogen-bond donors (Lipinski definition) is 1. The van der Waals surface area contributed by atoms with Crippen LogP contribution in [0.25, 0.3) is 0 Å². The highest BCUT2D eigenvalue weighted by Gasteiger charge is 2.20. The van der Waals surface area contributed by atoms with Crippen LogP contribution >= 0.6 is 0 Å². The number of rotatable bonds is 8. The number of hydrogen-bond acceptors (Lipinski definition) is 2. The molecule has 120 valence electrons. The first-order valence-corrected chi connectivity index (χ1v) is 7.86. The van der Waals surface area contributed by atoms with Crippen LogP contribution in [0, 0.1) is 11.8 Å². The third-order valence-corrected chi connectivity index (χ3v) is 3.68. The highest BCUT2D eigenvalue weighted by molar-refractivity contribution is 5.76. The van der Waals surface area contributed by atoms with E-state index < -0.39 is 0 Å². The Balaban J connectivity index is 2.70. The van der Waals surface area contributed by atoms with Gasteiger partial charge in [-0.15, -0.1) is 11.8 Å². The Labute approximate surface area is 134 Å². The molecule has 0 aliphatic heterocycles. The summed E-state index contributed by atoms with van der Waals surface area (Å²) in [6.45, 7) is 8.47. The summed E-state index contributed by atoms with van der Waals surface area (Å²) >= 11 is 0. The van der Waals surface area contributed by atoms with Gasteiger partial charge in [-0.05, 0) is 32.8 Å². The van der Waals surface area contributed by atoms with E-state index in [9.17, 15) is 4.79 Å². The van der Waals surface area contributed by atoms with E-state index in [0.29, 0.717) is 19.4 Å². The van der Waals surface area contributed by atoms with Crippen molar-refractivity contribution in [3.8, 4) is 11.8 Å². The molecule has 0 aliphatic rings. The van der Waals surface area contributed by atoms with E-state index in [1.807, 2.05) is 30.3 Å². The molecule has 0 fully saturated rings. The second-order valence-corrected chi connectivity index (χ2v) is 5.88. The fourth-order valence-electron chi connectivity index (χ4n) is 1.89. The second-order valence-electron chi connectivity index (χ2n) is 5.88. The highest BCUT2D eigenvalue weighted by Crippen LogP contribution is 2.19. The Morgan fingerprint density at radius 1 is 1.32 bits per heavy atom. The van der Waals surface area contributed by atoms with Crippen LogP contribution in [-0.2, 0) is 9.53 Å². The lowest BCUT2D eigenvalue weighted by atomic mass is 10.0. The SMILES string of the molecule is CC#CCCC(=O)N[C@@H](COC(C)(C)CC)c1ccccc1. The van der Waals surface area contributed by atoms with Crippen molar-refractivity contribution in [2.24, 2.45) is 0 Å². The van der Waals surface area contributed by atoms with Crippen LogP contribution in [0.2, 0.25) is 0 Å².